The van der Waals surface area contributed by atoms with Gasteiger partial charge >= 0.3 is 0 Å². The van der Waals surface area contributed by atoms with Gasteiger partial charge in [0.1, 0.15) is 0 Å². The van der Waals surface area contributed by atoms with Crippen molar-refractivity contribution in [3.8, 4) is 0 Å². The summed E-state index contributed by atoms with van der Waals surface area (Å²) in [5.41, 5.74) is 3.30. The molecule has 0 saturated carbocycles. The molecule has 0 fully saturated rings. The summed E-state index contributed by atoms with van der Waals surface area (Å²) in [6, 6.07) is 15.8. The molecule has 2 aromatic rings. The maximum atomic E-state index is 11.9. The molecule has 0 aliphatic rings. The van der Waals surface area contributed by atoms with Crippen LogP contribution in [-0.2, 0) is 11.2 Å². The average Bonchev–Trinajstić information content (AvgIpc) is 2.40. The lowest BCUT2D eigenvalue weighted by atomic mass is 10.0. The topological polar surface area (TPSA) is 29.1 Å². The summed E-state index contributed by atoms with van der Waals surface area (Å²) in [4.78, 5) is 11.9. The predicted octanol–water partition coefficient (Wildman–Crippen LogP) is 4.33. The van der Waals surface area contributed by atoms with Crippen molar-refractivity contribution in [3.05, 3.63) is 64.1 Å². The quantitative estimate of drug-likeness (QED) is 0.893. The number of carbonyl (C=O) groups is 1. The van der Waals surface area contributed by atoms with Crippen LogP contribution in [-0.4, -0.2) is 5.91 Å². The van der Waals surface area contributed by atoms with E-state index < -0.39 is 0 Å². The number of aryl methyl sites for hydroxylation is 2. The molecule has 2 nitrogen and oxygen atoms in total. The van der Waals surface area contributed by atoms with E-state index in [-0.39, 0.29) is 5.91 Å². The molecule has 3 heteroatoms. The first-order valence-electron chi connectivity index (χ1n) is 6.25. The fourth-order valence-electron chi connectivity index (χ4n) is 1.90. The van der Waals surface area contributed by atoms with Gasteiger partial charge in [-0.25, -0.2) is 0 Å². The summed E-state index contributed by atoms with van der Waals surface area (Å²) < 4.78 is 1.01. The van der Waals surface area contributed by atoms with Crippen LogP contribution in [0.5, 0.6) is 0 Å². The molecule has 0 spiro atoms. The second-order valence-corrected chi connectivity index (χ2v) is 5.40. The van der Waals surface area contributed by atoms with Gasteiger partial charge in [-0.3, -0.25) is 4.79 Å². The van der Waals surface area contributed by atoms with Crippen molar-refractivity contribution < 1.29 is 4.79 Å². The van der Waals surface area contributed by atoms with Crippen LogP contribution in [0, 0.1) is 6.92 Å². The molecule has 0 radical (unpaired) electrons. The normalized spacial score (nSPS) is 10.2. The number of hydrogen-bond acceptors (Lipinski definition) is 1. The van der Waals surface area contributed by atoms with Crippen LogP contribution >= 0.6 is 15.9 Å². The van der Waals surface area contributed by atoms with Crippen molar-refractivity contribution in [2.24, 2.45) is 0 Å². The highest BCUT2D eigenvalue weighted by molar-refractivity contribution is 9.10. The first-order chi connectivity index (χ1) is 9.15. The van der Waals surface area contributed by atoms with Gasteiger partial charge in [0.05, 0.1) is 0 Å². The molecule has 0 aromatic heterocycles. The Morgan fingerprint density at radius 3 is 2.47 bits per heavy atom. The molecule has 0 aliphatic carbocycles. The third-order valence-corrected chi connectivity index (χ3v) is 3.54. The van der Waals surface area contributed by atoms with Gasteiger partial charge in [0.2, 0.25) is 5.91 Å². The van der Waals surface area contributed by atoms with E-state index in [4.69, 9.17) is 0 Å². The standard InChI is InChI=1S/C16H16BrNO/c1-12-4-2-3-5-13(12)6-11-16(19)18-15-9-7-14(17)8-10-15/h2-5,7-10H,6,11H2,1H3,(H,18,19). The van der Waals surface area contributed by atoms with Gasteiger partial charge in [-0.2, -0.15) is 0 Å². The minimum Gasteiger partial charge on any atom is -0.326 e. The molecular formula is C16H16BrNO. The Morgan fingerprint density at radius 1 is 1.11 bits per heavy atom. The van der Waals surface area contributed by atoms with Crippen molar-refractivity contribution in [2.75, 3.05) is 5.32 Å². The van der Waals surface area contributed by atoms with Crippen LogP contribution < -0.4 is 5.32 Å². The second-order valence-electron chi connectivity index (χ2n) is 4.48. The Kier molecular flexibility index (Phi) is 4.74. The fraction of sp³-hybridized carbons (Fsp3) is 0.188. The van der Waals surface area contributed by atoms with E-state index in [1.807, 2.05) is 36.4 Å². The molecule has 0 unspecified atom stereocenters. The van der Waals surface area contributed by atoms with Gasteiger partial charge in [0.15, 0.2) is 0 Å². The smallest absolute Gasteiger partial charge is 0.224 e. The maximum Gasteiger partial charge on any atom is 0.224 e. The highest BCUT2D eigenvalue weighted by atomic mass is 79.9. The first-order valence-corrected chi connectivity index (χ1v) is 7.04. The summed E-state index contributed by atoms with van der Waals surface area (Å²) >= 11 is 3.37. The van der Waals surface area contributed by atoms with E-state index in [0.717, 1.165) is 16.6 Å². The molecule has 98 valence electrons. The van der Waals surface area contributed by atoms with Crippen molar-refractivity contribution >= 4 is 27.5 Å². The van der Waals surface area contributed by atoms with E-state index in [2.05, 4.69) is 40.3 Å². The largest absolute Gasteiger partial charge is 0.326 e. The van der Waals surface area contributed by atoms with Crippen LogP contribution in [0.3, 0.4) is 0 Å². The Balaban J connectivity index is 1.88. The molecule has 0 heterocycles. The molecule has 2 aromatic carbocycles. The van der Waals surface area contributed by atoms with Crippen LogP contribution in [0.15, 0.2) is 53.0 Å². The van der Waals surface area contributed by atoms with Gasteiger partial charge in [0, 0.05) is 16.6 Å². The zero-order valence-electron chi connectivity index (χ0n) is 10.8. The number of hydrogen-bond donors (Lipinski definition) is 1. The molecule has 1 N–H and O–H groups in total. The number of anilines is 1. The molecule has 0 atom stereocenters. The van der Waals surface area contributed by atoms with Crippen LogP contribution in [0.2, 0.25) is 0 Å². The SMILES string of the molecule is Cc1ccccc1CCC(=O)Nc1ccc(Br)cc1. The molecule has 1 amide bonds. The monoisotopic (exact) mass is 317 g/mol. The molecule has 2 rings (SSSR count). The number of carbonyl (C=O) groups excluding carboxylic acids is 1. The van der Waals surface area contributed by atoms with E-state index >= 15 is 0 Å². The molecule has 0 aliphatic heterocycles. The average molecular weight is 318 g/mol. The third kappa shape index (κ3) is 4.21. The molecule has 0 saturated heterocycles. The number of nitrogens with one attached hydrogen (secondary N) is 1. The number of benzene rings is 2. The van der Waals surface area contributed by atoms with Crippen molar-refractivity contribution in [1.29, 1.82) is 0 Å². The second kappa shape index (κ2) is 6.53. The fourth-order valence-corrected chi connectivity index (χ4v) is 2.16. The van der Waals surface area contributed by atoms with Crippen molar-refractivity contribution in [2.45, 2.75) is 19.8 Å². The lowest BCUT2D eigenvalue weighted by molar-refractivity contribution is -0.116. The molecule has 0 bridgehead atoms. The number of amides is 1. The number of rotatable bonds is 4. The van der Waals surface area contributed by atoms with Gasteiger partial charge in [-0.15, -0.1) is 0 Å². The van der Waals surface area contributed by atoms with E-state index in [1.54, 1.807) is 0 Å². The van der Waals surface area contributed by atoms with Gasteiger partial charge in [0.25, 0.3) is 0 Å². The minimum atomic E-state index is 0.0468. The zero-order chi connectivity index (χ0) is 13.7. The molecular weight excluding hydrogens is 302 g/mol. The highest BCUT2D eigenvalue weighted by Gasteiger charge is 2.04. The maximum absolute atomic E-state index is 11.9. The Hall–Kier alpha value is -1.61. The zero-order valence-corrected chi connectivity index (χ0v) is 12.4. The summed E-state index contributed by atoms with van der Waals surface area (Å²) in [6.45, 7) is 2.07. The van der Waals surface area contributed by atoms with Crippen molar-refractivity contribution in [3.63, 3.8) is 0 Å². The minimum absolute atomic E-state index is 0.0468. The van der Waals surface area contributed by atoms with Crippen LogP contribution in [0.4, 0.5) is 5.69 Å². The molecule has 19 heavy (non-hydrogen) atoms. The predicted molar refractivity (Wildman–Crippen MR) is 82.3 cm³/mol. The van der Waals surface area contributed by atoms with Crippen LogP contribution in [0.1, 0.15) is 17.5 Å². The van der Waals surface area contributed by atoms with Gasteiger partial charge < -0.3 is 5.32 Å². The highest BCUT2D eigenvalue weighted by Crippen LogP contribution is 2.15. The number of halogens is 1. The summed E-state index contributed by atoms with van der Waals surface area (Å²) in [7, 11) is 0. The van der Waals surface area contributed by atoms with Gasteiger partial charge in [-0.1, -0.05) is 40.2 Å². The van der Waals surface area contributed by atoms with Crippen LogP contribution in [0.25, 0.3) is 0 Å². The Bertz CT molecular complexity index is 563. The van der Waals surface area contributed by atoms with E-state index in [1.165, 1.54) is 11.1 Å². The van der Waals surface area contributed by atoms with Crippen molar-refractivity contribution in [1.82, 2.24) is 0 Å². The lowest BCUT2D eigenvalue weighted by Gasteiger charge is -2.07. The summed E-state index contributed by atoms with van der Waals surface area (Å²) in [5, 5.41) is 2.90. The van der Waals surface area contributed by atoms with E-state index in [0.29, 0.717) is 6.42 Å². The summed E-state index contributed by atoms with van der Waals surface area (Å²) in [5.74, 6) is 0.0468. The van der Waals surface area contributed by atoms with E-state index in [9.17, 15) is 4.79 Å². The summed E-state index contributed by atoms with van der Waals surface area (Å²) in [6.07, 6.45) is 1.27. The third-order valence-electron chi connectivity index (χ3n) is 3.01. The van der Waals surface area contributed by atoms with Gasteiger partial charge in [-0.05, 0) is 48.7 Å². The Labute approximate surface area is 122 Å². The first kappa shape index (κ1) is 13.8. The Morgan fingerprint density at radius 2 is 1.79 bits per heavy atom. The lowest BCUT2D eigenvalue weighted by Crippen LogP contribution is -2.12.